The Morgan fingerprint density at radius 2 is 2.16 bits per heavy atom. The van der Waals surface area contributed by atoms with Gasteiger partial charge in [0.05, 0.1) is 0 Å². The molecule has 1 aromatic carbocycles. The van der Waals surface area contributed by atoms with E-state index in [0.717, 1.165) is 17.0 Å². The molecule has 1 atom stereocenters. The lowest BCUT2D eigenvalue weighted by Gasteiger charge is -2.32. The summed E-state index contributed by atoms with van der Waals surface area (Å²) >= 11 is 1.56. The minimum atomic E-state index is -0.952. The Hall–Kier alpha value is -1.69. The Balaban J connectivity index is 2.10. The van der Waals surface area contributed by atoms with Gasteiger partial charge in [0.2, 0.25) is 0 Å². The standard InChI is InChI=1S/C13H16N2O3S/c1-9-4-2-3-5-10(9)14-13(18)15-6-7-19-8-11(15)12(16)17/h2-5,11H,6-8H2,1H3,(H,14,18)(H,16,17). The number of aryl methyl sites for hydroxylation is 1. The molecule has 1 aliphatic rings. The van der Waals surface area contributed by atoms with Crippen LogP contribution >= 0.6 is 11.8 Å². The number of carbonyl (C=O) groups excluding carboxylic acids is 1. The van der Waals surface area contributed by atoms with Crippen molar-refractivity contribution in [2.75, 3.05) is 23.4 Å². The smallest absolute Gasteiger partial charge is 0.327 e. The highest BCUT2D eigenvalue weighted by molar-refractivity contribution is 7.99. The van der Waals surface area contributed by atoms with Gasteiger partial charge in [-0.25, -0.2) is 9.59 Å². The average Bonchev–Trinajstić information content (AvgIpc) is 2.41. The zero-order chi connectivity index (χ0) is 13.8. The quantitative estimate of drug-likeness (QED) is 0.869. The van der Waals surface area contributed by atoms with Crippen molar-refractivity contribution in [1.82, 2.24) is 4.90 Å². The van der Waals surface area contributed by atoms with Crippen LogP contribution in [-0.2, 0) is 4.79 Å². The number of hydrogen-bond donors (Lipinski definition) is 2. The first-order chi connectivity index (χ1) is 9.09. The fourth-order valence-electron chi connectivity index (χ4n) is 1.95. The zero-order valence-electron chi connectivity index (χ0n) is 10.6. The number of nitrogens with zero attached hydrogens (tertiary/aromatic N) is 1. The van der Waals surface area contributed by atoms with Crippen LogP contribution in [0.4, 0.5) is 10.5 Å². The number of carboxylic acid groups (broad SMARTS) is 1. The number of hydrogen-bond acceptors (Lipinski definition) is 3. The molecule has 1 heterocycles. The molecular formula is C13H16N2O3S. The highest BCUT2D eigenvalue weighted by Gasteiger charge is 2.32. The zero-order valence-corrected chi connectivity index (χ0v) is 11.4. The van der Waals surface area contributed by atoms with Crippen molar-refractivity contribution < 1.29 is 14.7 Å². The van der Waals surface area contributed by atoms with Crippen LogP contribution in [0.2, 0.25) is 0 Å². The van der Waals surface area contributed by atoms with Gasteiger partial charge < -0.3 is 15.3 Å². The molecule has 102 valence electrons. The Bertz CT molecular complexity index is 493. The fourth-order valence-corrected chi connectivity index (χ4v) is 2.99. The molecule has 2 N–H and O–H groups in total. The number of benzene rings is 1. The molecule has 5 nitrogen and oxygen atoms in total. The Labute approximate surface area is 116 Å². The number of nitrogens with one attached hydrogen (secondary N) is 1. The molecule has 1 fully saturated rings. The van der Waals surface area contributed by atoms with Crippen LogP contribution in [0.15, 0.2) is 24.3 Å². The molecular weight excluding hydrogens is 264 g/mol. The fraction of sp³-hybridized carbons (Fsp3) is 0.385. The van der Waals surface area contributed by atoms with Crippen LogP contribution in [0.5, 0.6) is 0 Å². The van der Waals surface area contributed by atoms with Gasteiger partial charge in [-0.15, -0.1) is 0 Å². The number of para-hydroxylation sites is 1. The van der Waals surface area contributed by atoms with Crippen molar-refractivity contribution in [1.29, 1.82) is 0 Å². The molecule has 0 saturated carbocycles. The Morgan fingerprint density at radius 1 is 1.42 bits per heavy atom. The minimum absolute atomic E-state index is 0.345. The molecule has 0 bridgehead atoms. The summed E-state index contributed by atoms with van der Waals surface area (Å²) in [4.78, 5) is 24.7. The summed E-state index contributed by atoms with van der Waals surface area (Å²) in [6, 6.07) is 6.34. The summed E-state index contributed by atoms with van der Waals surface area (Å²) in [5.74, 6) is 0.258. The van der Waals surface area contributed by atoms with E-state index in [1.54, 1.807) is 11.8 Å². The number of thioether (sulfide) groups is 1. The van der Waals surface area contributed by atoms with Gasteiger partial charge >= 0.3 is 12.0 Å². The van der Waals surface area contributed by atoms with E-state index < -0.39 is 12.0 Å². The minimum Gasteiger partial charge on any atom is -0.480 e. The highest BCUT2D eigenvalue weighted by Crippen LogP contribution is 2.19. The van der Waals surface area contributed by atoms with Crippen LogP contribution in [0.25, 0.3) is 0 Å². The molecule has 6 heteroatoms. The van der Waals surface area contributed by atoms with Crippen molar-refractivity contribution in [2.45, 2.75) is 13.0 Å². The third kappa shape index (κ3) is 3.20. The van der Waals surface area contributed by atoms with Crippen molar-refractivity contribution in [3.05, 3.63) is 29.8 Å². The van der Waals surface area contributed by atoms with E-state index in [4.69, 9.17) is 5.11 Å². The molecule has 0 radical (unpaired) electrons. The second-order valence-corrected chi connectivity index (χ2v) is 5.52. The largest absolute Gasteiger partial charge is 0.480 e. The van der Waals surface area contributed by atoms with Gasteiger partial charge in [0, 0.05) is 23.7 Å². The Kier molecular flexibility index (Phi) is 4.31. The second kappa shape index (κ2) is 5.97. The normalized spacial score (nSPS) is 19.0. The Morgan fingerprint density at radius 3 is 2.84 bits per heavy atom. The third-order valence-electron chi connectivity index (χ3n) is 3.06. The van der Waals surface area contributed by atoms with E-state index in [0.29, 0.717) is 12.3 Å². The molecule has 1 saturated heterocycles. The molecule has 1 aromatic rings. The van der Waals surface area contributed by atoms with E-state index in [1.165, 1.54) is 4.90 Å². The van der Waals surface area contributed by atoms with Crippen molar-refractivity contribution in [3.63, 3.8) is 0 Å². The predicted octanol–water partition coefficient (Wildman–Crippen LogP) is 2.03. The van der Waals surface area contributed by atoms with Crippen molar-refractivity contribution >= 4 is 29.4 Å². The molecule has 1 aliphatic heterocycles. The van der Waals surface area contributed by atoms with Gasteiger partial charge in [0.25, 0.3) is 0 Å². The molecule has 0 aliphatic carbocycles. The first-order valence-corrected chi connectivity index (χ1v) is 7.19. The predicted molar refractivity (Wildman–Crippen MR) is 75.7 cm³/mol. The SMILES string of the molecule is Cc1ccccc1NC(=O)N1CCSCC1C(=O)O. The number of carbonyl (C=O) groups is 2. The lowest BCUT2D eigenvalue weighted by molar-refractivity contribution is -0.141. The van der Waals surface area contributed by atoms with Crippen LogP contribution in [0.1, 0.15) is 5.56 Å². The van der Waals surface area contributed by atoms with Crippen LogP contribution in [-0.4, -0.2) is 46.1 Å². The van der Waals surface area contributed by atoms with Crippen molar-refractivity contribution in [3.8, 4) is 0 Å². The summed E-state index contributed by atoms with van der Waals surface area (Å²) in [6.07, 6.45) is 0. The van der Waals surface area contributed by atoms with Crippen LogP contribution in [0.3, 0.4) is 0 Å². The van der Waals surface area contributed by atoms with Gasteiger partial charge in [0.15, 0.2) is 0 Å². The van der Waals surface area contributed by atoms with Crippen LogP contribution in [0, 0.1) is 6.92 Å². The highest BCUT2D eigenvalue weighted by atomic mass is 32.2. The van der Waals surface area contributed by atoms with Gasteiger partial charge in [0.1, 0.15) is 6.04 Å². The monoisotopic (exact) mass is 280 g/mol. The average molecular weight is 280 g/mol. The van der Waals surface area contributed by atoms with Gasteiger partial charge in [-0.05, 0) is 18.6 Å². The second-order valence-electron chi connectivity index (χ2n) is 4.37. The molecule has 19 heavy (non-hydrogen) atoms. The maximum atomic E-state index is 12.2. The van der Waals surface area contributed by atoms with Gasteiger partial charge in [-0.1, -0.05) is 18.2 Å². The number of aliphatic carboxylic acids is 1. The van der Waals surface area contributed by atoms with E-state index in [2.05, 4.69) is 5.32 Å². The molecule has 1 unspecified atom stereocenters. The van der Waals surface area contributed by atoms with E-state index in [9.17, 15) is 9.59 Å². The van der Waals surface area contributed by atoms with E-state index >= 15 is 0 Å². The maximum absolute atomic E-state index is 12.2. The summed E-state index contributed by atoms with van der Waals surface area (Å²) in [7, 11) is 0. The molecule has 0 spiro atoms. The lowest BCUT2D eigenvalue weighted by atomic mass is 10.2. The number of amides is 2. The molecule has 0 aromatic heterocycles. The van der Waals surface area contributed by atoms with Gasteiger partial charge in [-0.3, -0.25) is 0 Å². The van der Waals surface area contributed by atoms with E-state index in [-0.39, 0.29) is 6.03 Å². The number of carboxylic acids is 1. The van der Waals surface area contributed by atoms with Crippen LogP contribution < -0.4 is 5.32 Å². The molecule has 2 rings (SSSR count). The van der Waals surface area contributed by atoms with Crippen molar-refractivity contribution in [2.24, 2.45) is 0 Å². The number of rotatable bonds is 2. The number of urea groups is 1. The summed E-state index contributed by atoms with van der Waals surface area (Å²) in [6.45, 7) is 2.36. The third-order valence-corrected chi connectivity index (χ3v) is 4.08. The maximum Gasteiger partial charge on any atom is 0.327 e. The summed E-state index contributed by atoms with van der Waals surface area (Å²) < 4.78 is 0. The first-order valence-electron chi connectivity index (χ1n) is 6.03. The number of anilines is 1. The van der Waals surface area contributed by atoms with E-state index in [1.807, 2.05) is 31.2 Å². The van der Waals surface area contributed by atoms with Gasteiger partial charge in [-0.2, -0.15) is 11.8 Å². The lowest BCUT2D eigenvalue weighted by Crippen LogP contribution is -2.51. The first kappa shape index (κ1) is 13.7. The molecule has 2 amide bonds. The summed E-state index contributed by atoms with van der Waals surface area (Å²) in [5, 5.41) is 11.9. The summed E-state index contributed by atoms with van der Waals surface area (Å²) in [5.41, 5.74) is 1.67. The topological polar surface area (TPSA) is 69.6 Å².